The van der Waals surface area contributed by atoms with Crippen molar-refractivity contribution in [2.45, 2.75) is 32.7 Å². The van der Waals surface area contributed by atoms with Crippen molar-refractivity contribution in [1.82, 2.24) is 5.32 Å². The van der Waals surface area contributed by atoms with Crippen LogP contribution >= 0.6 is 11.6 Å². The van der Waals surface area contributed by atoms with Gasteiger partial charge < -0.3 is 14.8 Å². The summed E-state index contributed by atoms with van der Waals surface area (Å²) < 4.78 is 10.6. The van der Waals surface area contributed by atoms with Crippen LogP contribution in [0.5, 0.6) is 5.75 Å². The number of aryl methyl sites for hydroxylation is 1. The molecule has 0 unspecified atom stereocenters. The molecule has 0 heterocycles. The predicted molar refractivity (Wildman–Crippen MR) is 105 cm³/mol. The molecule has 0 aliphatic heterocycles. The van der Waals surface area contributed by atoms with Gasteiger partial charge in [-0.2, -0.15) is 0 Å². The number of carbonyl (C=O) groups is 2. The number of carbonyl (C=O) groups excluding carboxylic acids is 2. The number of rotatable bonds is 9. The van der Waals surface area contributed by atoms with E-state index in [1.165, 1.54) is 0 Å². The molecule has 1 N–H and O–H groups in total. The van der Waals surface area contributed by atoms with Gasteiger partial charge in [0.25, 0.3) is 5.91 Å². The van der Waals surface area contributed by atoms with Crippen LogP contribution in [-0.4, -0.2) is 25.1 Å². The fourth-order valence-corrected chi connectivity index (χ4v) is 2.67. The molecule has 5 nitrogen and oxygen atoms in total. The number of benzene rings is 2. The van der Waals surface area contributed by atoms with Gasteiger partial charge in [-0.25, -0.2) is 0 Å². The Balaban J connectivity index is 1.62. The molecular weight excluding hydrogens is 366 g/mol. The standard InChI is InChI=1S/C21H24ClNO4/c1-15-6-3-9-19(12-15)26-11-5-10-21(25)27-14-20(24)23-16(2)17-7-4-8-18(22)13-17/h3-4,6-9,12-13,16H,5,10-11,14H2,1-2H3,(H,23,24)/t16-/m1/s1. The second kappa shape index (κ2) is 10.6. The van der Waals surface area contributed by atoms with Gasteiger partial charge in [-0.15, -0.1) is 0 Å². The number of hydrogen-bond donors (Lipinski definition) is 1. The van der Waals surface area contributed by atoms with Gasteiger partial charge in [-0.3, -0.25) is 9.59 Å². The lowest BCUT2D eigenvalue weighted by Gasteiger charge is -2.14. The lowest BCUT2D eigenvalue weighted by molar-refractivity contribution is -0.148. The van der Waals surface area contributed by atoms with Gasteiger partial charge in [0.05, 0.1) is 12.6 Å². The van der Waals surface area contributed by atoms with E-state index < -0.39 is 5.97 Å². The van der Waals surface area contributed by atoms with Gasteiger partial charge in [0.15, 0.2) is 6.61 Å². The van der Waals surface area contributed by atoms with Gasteiger partial charge in [-0.1, -0.05) is 35.9 Å². The molecule has 0 bridgehead atoms. The molecule has 2 aromatic rings. The van der Waals surface area contributed by atoms with Crippen LogP contribution in [0.25, 0.3) is 0 Å². The number of ether oxygens (including phenoxy) is 2. The Morgan fingerprint density at radius 1 is 1.15 bits per heavy atom. The first-order valence-electron chi connectivity index (χ1n) is 8.84. The van der Waals surface area contributed by atoms with Crippen molar-refractivity contribution in [1.29, 1.82) is 0 Å². The maximum atomic E-state index is 11.9. The van der Waals surface area contributed by atoms with Gasteiger partial charge in [0.1, 0.15) is 5.75 Å². The highest BCUT2D eigenvalue weighted by Gasteiger charge is 2.12. The van der Waals surface area contributed by atoms with Crippen molar-refractivity contribution in [3.05, 3.63) is 64.7 Å². The average Bonchev–Trinajstić information content (AvgIpc) is 2.63. The minimum absolute atomic E-state index is 0.197. The first-order valence-corrected chi connectivity index (χ1v) is 9.22. The second-order valence-corrected chi connectivity index (χ2v) is 6.71. The minimum atomic E-state index is -0.423. The molecule has 144 valence electrons. The average molecular weight is 390 g/mol. The molecule has 0 saturated carbocycles. The summed E-state index contributed by atoms with van der Waals surface area (Å²) >= 11 is 5.94. The van der Waals surface area contributed by atoms with Crippen LogP contribution in [0.15, 0.2) is 48.5 Å². The van der Waals surface area contributed by atoms with Gasteiger partial charge in [0.2, 0.25) is 0 Å². The summed E-state index contributed by atoms with van der Waals surface area (Å²) in [6, 6.07) is 14.7. The highest BCUT2D eigenvalue weighted by molar-refractivity contribution is 6.30. The molecule has 0 aliphatic carbocycles. The monoisotopic (exact) mass is 389 g/mol. The van der Waals surface area contributed by atoms with Crippen molar-refractivity contribution < 1.29 is 19.1 Å². The number of hydrogen-bond acceptors (Lipinski definition) is 4. The minimum Gasteiger partial charge on any atom is -0.494 e. The zero-order valence-corrected chi connectivity index (χ0v) is 16.3. The Labute approximate surface area is 164 Å². The topological polar surface area (TPSA) is 64.6 Å². The summed E-state index contributed by atoms with van der Waals surface area (Å²) in [7, 11) is 0. The molecule has 27 heavy (non-hydrogen) atoms. The molecule has 2 aromatic carbocycles. The summed E-state index contributed by atoms with van der Waals surface area (Å²) in [5.74, 6) is -0.00187. The van der Waals surface area contributed by atoms with E-state index in [2.05, 4.69) is 5.32 Å². The highest BCUT2D eigenvalue weighted by atomic mass is 35.5. The first kappa shape index (κ1) is 20.8. The van der Waals surface area contributed by atoms with E-state index in [1.807, 2.05) is 50.2 Å². The summed E-state index contributed by atoms with van der Waals surface area (Å²) in [5, 5.41) is 3.38. The van der Waals surface area contributed by atoms with E-state index in [4.69, 9.17) is 21.1 Å². The van der Waals surface area contributed by atoms with E-state index in [0.29, 0.717) is 18.1 Å². The Morgan fingerprint density at radius 2 is 1.93 bits per heavy atom. The Hall–Kier alpha value is -2.53. The summed E-state index contributed by atoms with van der Waals surface area (Å²) in [6.07, 6.45) is 0.719. The first-order chi connectivity index (χ1) is 12.9. The normalized spacial score (nSPS) is 11.5. The summed E-state index contributed by atoms with van der Waals surface area (Å²) in [6.45, 7) is 3.94. The Morgan fingerprint density at radius 3 is 2.67 bits per heavy atom. The van der Waals surface area contributed by atoms with Gasteiger partial charge in [0, 0.05) is 11.4 Å². The van der Waals surface area contributed by atoms with Crippen LogP contribution in [0.1, 0.15) is 36.9 Å². The number of esters is 1. The maximum Gasteiger partial charge on any atom is 0.306 e. The van der Waals surface area contributed by atoms with E-state index in [1.54, 1.807) is 12.1 Å². The summed E-state index contributed by atoms with van der Waals surface area (Å²) in [5.41, 5.74) is 2.00. The zero-order valence-electron chi connectivity index (χ0n) is 15.5. The SMILES string of the molecule is Cc1cccc(OCCCC(=O)OCC(=O)N[C@H](C)c2cccc(Cl)c2)c1. The zero-order chi connectivity index (χ0) is 19.6. The van der Waals surface area contributed by atoms with Crippen molar-refractivity contribution in [2.24, 2.45) is 0 Å². The molecule has 0 saturated heterocycles. The van der Waals surface area contributed by atoms with E-state index >= 15 is 0 Å². The van der Waals surface area contributed by atoms with Crippen LogP contribution < -0.4 is 10.1 Å². The molecule has 0 aliphatic rings. The van der Waals surface area contributed by atoms with Crippen molar-refractivity contribution in [3.8, 4) is 5.75 Å². The quantitative estimate of drug-likeness (QED) is 0.515. The summed E-state index contributed by atoms with van der Waals surface area (Å²) in [4.78, 5) is 23.7. The van der Waals surface area contributed by atoms with E-state index in [9.17, 15) is 9.59 Å². The van der Waals surface area contributed by atoms with Gasteiger partial charge in [-0.05, 0) is 55.7 Å². The molecular formula is C21H24ClNO4. The number of amides is 1. The fraction of sp³-hybridized carbons (Fsp3) is 0.333. The Kier molecular flexibility index (Phi) is 8.14. The smallest absolute Gasteiger partial charge is 0.306 e. The van der Waals surface area contributed by atoms with Crippen molar-refractivity contribution >= 4 is 23.5 Å². The number of halogens is 1. The third-order valence-electron chi connectivity index (χ3n) is 3.87. The molecule has 0 radical (unpaired) electrons. The molecule has 0 spiro atoms. The molecule has 0 fully saturated rings. The third-order valence-corrected chi connectivity index (χ3v) is 4.11. The maximum absolute atomic E-state index is 11.9. The predicted octanol–water partition coefficient (Wildman–Crippen LogP) is 4.23. The van der Waals surface area contributed by atoms with Crippen molar-refractivity contribution in [3.63, 3.8) is 0 Å². The van der Waals surface area contributed by atoms with Gasteiger partial charge >= 0.3 is 5.97 Å². The van der Waals surface area contributed by atoms with Crippen LogP contribution in [0.3, 0.4) is 0 Å². The fourth-order valence-electron chi connectivity index (χ4n) is 2.47. The third kappa shape index (κ3) is 7.71. The van der Waals surface area contributed by atoms with Crippen LogP contribution in [0.2, 0.25) is 5.02 Å². The second-order valence-electron chi connectivity index (χ2n) is 6.27. The van der Waals surface area contributed by atoms with E-state index in [-0.39, 0.29) is 25.0 Å². The van der Waals surface area contributed by atoms with Crippen LogP contribution in [0, 0.1) is 6.92 Å². The number of nitrogens with one attached hydrogen (secondary N) is 1. The molecule has 2 rings (SSSR count). The van der Waals surface area contributed by atoms with E-state index in [0.717, 1.165) is 16.9 Å². The molecule has 6 heteroatoms. The molecule has 0 aromatic heterocycles. The van der Waals surface area contributed by atoms with Crippen molar-refractivity contribution in [2.75, 3.05) is 13.2 Å². The lowest BCUT2D eigenvalue weighted by Crippen LogP contribution is -2.31. The highest BCUT2D eigenvalue weighted by Crippen LogP contribution is 2.17. The van der Waals surface area contributed by atoms with Crippen LogP contribution in [-0.2, 0) is 14.3 Å². The largest absolute Gasteiger partial charge is 0.494 e. The molecule has 1 atom stereocenters. The van der Waals surface area contributed by atoms with Crippen LogP contribution in [0.4, 0.5) is 0 Å². The Bertz CT molecular complexity index is 778. The lowest BCUT2D eigenvalue weighted by atomic mass is 10.1. The molecule has 1 amide bonds.